The first-order valence-corrected chi connectivity index (χ1v) is 6.47. The van der Waals surface area contributed by atoms with E-state index >= 15 is 0 Å². The molecule has 1 unspecified atom stereocenters. The van der Waals surface area contributed by atoms with Gasteiger partial charge in [0, 0.05) is 30.3 Å². The number of carbonyl (C=O) groups is 1. The first kappa shape index (κ1) is 13.4. The lowest BCUT2D eigenvalue weighted by Gasteiger charge is -2.02. The number of thiazole rings is 1. The Morgan fingerprint density at radius 1 is 1.58 bits per heavy atom. The van der Waals surface area contributed by atoms with Gasteiger partial charge in [-0.1, -0.05) is 0 Å². The third kappa shape index (κ3) is 3.07. The Bertz CT molecular complexity index is 660. The summed E-state index contributed by atoms with van der Waals surface area (Å²) in [5.74, 6) is -0.399. The quantitative estimate of drug-likeness (QED) is 0.882. The monoisotopic (exact) mass is 279 g/mol. The molecule has 0 fully saturated rings. The second-order valence-corrected chi connectivity index (χ2v) is 4.93. The second-order valence-electron chi connectivity index (χ2n) is 4.07. The van der Waals surface area contributed by atoms with Crippen LogP contribution in [0, 0.1) is 0 Å². The average molecular weight is 279 g/mol. The number of hydrogen-bond acceptors (Lipinski definition) is 5. The van der Waals surface area contributed by atoms with Crippen LogP contribution in [0.4, 0.5) is 5.13 Å². The van der Waals surface area contributed by atoms with Gasteiger partial charge in [-0.2, -0.15) is 0 Å². The molecule has 0 radical (unpaired) electrons. The summed E-state index contributed by atoms with van der Waals surface area (Å²) in [6.45, 7) is 1.60. The molecule has 0 aliphatic rings. The highest BCUT2D eigenvalue weighted by atomic mass is 32.1. The molecule has 100 valence electrons. The molecule has 2 aromatic rings. The number of aliphatic hydroxyl groups excluding tert-OH is 1. The molecule has 0 aliphatic carbocycles. The lowest BCUT2D eigenvalue weighted by Crippen LogP contribution is -2.19. The molecule has 2 heterocycles. The van der Waals surface area contributed by atoms with Crippen molar-refractivity contribution >= 4 is 22.4 Å². The molecule has 1 atom stereocenters. The number of rotatable bonds is 3. The Morgan fingerprint density at radius 3 is 2.89 bits per heavy atom. The molecule has 0 saturated heterocycles. The van der Waals surface area contributed by atoms with E-state index in [1.54, 1.807) is 25.4 Å². The first-order chi connectivity index (χ1) is 8.97. The average Bonchev–Trinajstić information content (AvgIpc) is 2.81. The van der Waals surface area contributed by atoms with E-state index in [-0.39, 0.29) is 11.1 Å². The molecule has 2 aromatic heterocycles. The Kier molecular flexibility index (Phi) is 3.77. The number of nitrogens with one attached hydrogen (secondary N) is 1. The minimum atomic E-state index is -0.675. The van der Waals surface area contributed by atoms with Crippen LogP contribution in [-0.4, -0.2) is 20.6 Å². The van der Waals surface area contributed by atoms with Crippen LogP contribution in [0.3, 0.4) is 0 Å². The molecule has 19 heavy (non-hydrogen) atoms. The van der Waals surface area contributed by atoms with Gasteiger partial charge in [-0.3, -0.25) is 14.9 Å². The molecule has 2 rings (SSSR count). The molecule has 1 amide bonds. The van der Waals surface area contributed by atoms with Crippen LogP contribution in [0.15, 0.2) is 28.5 Å². The maximum absolute atomic E-state index is 11.9. The number of aryl methyl sites for hydroxylation is 1. The predicted molar refractivity (Wildman–Crippen MR) is 72.4 cm³/mol. The lowest BCUT2D eigenvalue weighted by molar-refractivity contribution is 0.102. The summed E-state index contributed by atoms with van der Waals surface area (Å²) in [6, 6.07) is 2.82. The highest BCUT2D eigenvalue weighted by Gasteiger charge is 2.11. The van der Waals surface area contributed by atoms with Crippen LogP contribution in [0.5, 0.6) is 0 Å². The minimum Gasteiger partial charge on any atom is -0.387 e. The van der Waals surface area contributed by atoms with E-state index in [2.05, 4.69) is 10.3 Å². The molecule has 7 heteroatoms. The normalized spacial score (nSPS) is 12.2. The van der Waals surface area contributed by atoms with Crippen molar-refractivity contribution in [3.8, 4) is 0 Å². The highest BCUT2D eigenvalue weighted by Crippen LogP contribution is 2.20. The van der Waals surface area contributed by atoms with E-state index in [0.717, 1.165) is 0 Å². The van der Waals surface area contributed by atoms with Gasteiger partial charge in [0.1, 0.15) is 0 Å². The fourth-order valence-electron chi connectivity index (χ4n) is 1.39. The SMILES string of the molecule is CC(O)c1csc(NC(=O)c2ccn(C)c(=O)c2)n1. The van der Waals surface area contributed by atoms with Crippen molar-refractivity contribution < 1.29 is 9.90 Å². The third-order valence-corrected chi connectivity index (χ3v) is 3.31. The smallest absolute Gasteiger partial charge is 0.257 e. The van der Waals surface area contributed by atoms with E-state index in [1.807, 2.05) is 0 Å². The molecule has 2 N–H and O–H groups in total. The maximum atomic E-state index is 11.9. The minimum absolute atomic E-state index is 0.253. The molecule has 0 aromatic carbocycles. The van der Waals surface area contributed by atoms with E-state index in [0.29, 0.717) is 10.8 Å². The summed E-state index contributed by atoms with van der Waals surface area (Å²) in [5, 5.41) is 14.0. The van der Waals surface area contributed by atoms with Crippen LogP contribution in [0.2, 0.25) is 0 Å². The van der Waals surface area contributed by atoms with Crippen molar-refractivity contribution in [2.75, 3.05) is 5.32 Å². The predicted octanol–water partition coefficient (Wildman–Crippen LogP) is 1.15. The van der Waals surface area contributed by atoms with Crippen LogP contribution in [-0.2, 0) is 7.05 Å². The van der Waals surface area contributed by atoms with Gasteiger partial charge in [0.2, 0.25) is 0 Å². The van der Waals surface area contributed by atoms with Gasteiger partial charge in [-0.15, -0.1) is 11.3 Å². The summed E-state index contributed by atoms with van der Waals surface area (Å²) < 4.78 is 1.38. The standard InChI is InChI=1S/C12H13N3O3S/c1-7(16)9-6-19-12(13-9)14-11(18)8-3-4-15(2)10(17)5-8/h3-7,16H,1-2H3,(H,13,14,18). The molecule has 0 spiro atoms. The number of nitrogens with zero attached hydrogens (tertiary/aromatic N) is 2. The molecule has 0 saturated carbocycles. The van der Waals surface area contributed by atoms with E-state index in [1.165, 1.54) is 28.2 Å². The number of amides is 1. The zero-order valence-electron chi connectivity index (χ0n) is 10.5. The van der Waals surface area contributed by atoms with Crippen LogP contribution in [0.25, 0.3) is 0 Å². The highest BCUT2D eigenvalue weighted by molar-refractivity contribution is 7.14. The van der Waals surface area contributed by atoms with Gasteiger partial charge in [0.05, 0.1) is 11.8 Å². The Hall–Kier alpha value is -1.99. The summed E-state index contributed by atoms with van der Waals surface area (Å²) in [6.07, 6.45) is 0.853. The number of pyridine rings is 1. The summed E-state index contributed by atoms with van der Waals surface area (Å²) >= 11 is 1.22. The third-order valence-electron chi connectivity index (χ3n) is 2.54. The molecule has 0 bridgehead atoms. The largest absolute Gasteiger partial charge is 0.387 e. The van der Waals surface area contributed by atoms with Crippen molar-refractivity contribution in [1.82, 2.24) is 9.55 Å². The lowest BCUT2D eigenvalue weighted by atomic mass is 10.2. The number of carbonyl (C=O) groups excluding carboxylic acids is 1. The Morgan fingerprint density at radius 2 is 2.32 bits per heavy atom. The fraction of sp³-hybridized carbons (Fsp3) is 0.250. The maximum Gasteiger partial charge on any atom is 0.257 e. The summed E-state index contributed by atoms with van der Waals surface area (Å²) in [4.78, 5) is 27.4. The van der Waals surface area contributed by atoms with Gasteiger partial charge in [-0.05, 0) is 13.0 Å². The van der Waals surface area contributed by atoms with Gasteiger partial charge in [0.25, 0.3) is 11.5 Å². The van der Waals surface area contributed by atoms with E-state index in [9.17, 15) is 14.7 Å². The van der Waals surface area contributed by atoms with Crippen LogP contribution >= 0.6 is 11.3 Å². The van der Waals surface area contributed by atoms with Gasteiger partial charge >= 0.3 is 0 Å². The van der Waals surface area contributed by atoms with Crippen molar-refractivity contribution in [3.05, 3.63) is 45.3 Å². The topological polar surface area (TPSA) is 84.2 Å². The van der Waals surface area contributed by atoms with Crippen molar-refractivity contribution in [1.29, 1.82) is 0 Å². The van der Waals surface area contributed by atoms with Gasteiger partial charge < -0.3 is 9.67 Å². The molecular formula is C12H13N3O3S. The first-order valence-electron chi connectivity index (χ1n) is 5.59. The molecule has 6 nitrogen and oxygen atoms in total. The van der Waals surface area contributed by atoms with Gasteiger partial charge in [0.15, 0.2) is 5.13 Å². The van der Waals surface area contributed by atoms with Gasteiger partial charge in [-0.25, -0.2) is 4.98 Å². The van der Waals surface area contributed by atoms with Crippen molar-refractivity contribution in [2.45, 2.75) is 13.0 Å². The Balaban J connectivity index is 2.15. The zero-order chi connectivity index (χ0) is 14.0. The summed E-state index contributed by atoms with van der Waals surface area (Å²) in [5.41, 5.74) is 0.526. The molecular weight excluding hydrogens is 266 g/mol. The van der Waals surface area contributed by atoms with E-state index in [4.69, 9.17) is 0 Å². The van der Waals surface area contributed by atoms with Crippen LogP contribution < -0.4 is 10.9 Å². The summed E-state index contributed by atoms with van der Waals surface area (Å²) in [7, 11) is 1.61. The number of anilines is 1. The van der Waals surface area contributed by atoms with E-state index < -0.39 is 12.0 Å². The van der Waals surface area contributed by atoms with Crippen LogP contribution in [0.1, 0.15) is 29.1 Å². The van der Waals surface area contributed by atoms with Crippen molar-refractivity contribution in [3.63, 3.8) is 0 Å². The fourth-order valence-corrected chi connectivity index (χ4v) is 2.19. The second kappa shape index (κ2) is 5.33. The number of hydrogen-bond donors (Lipinski definition) is 2. The molecule has 0 aliphatic heterocycles. The Labute approximate surface area is 113 Å². The number of aromatic nitrogens is 2. The zero-order valence-corrected chi connectivity index (χ0v) is 11.3. The van der Waals surface area contributed by atoms with Crippen molar-refractivity contribution in [2.24, 2.45) is 7.05 Å². The number of aliphatic hydroxyl groups is 1.